The summed E-state index contributed by atoms with van der Waals surface area (Å²) in [5.41, 5.74) is 4.27. The van der Waals surface area contributed by atoms with Crippen LogP contribution in [0.15, 0.2) is 66.7 Å². The molecule has 0 atom stereocenters. The lowest BCUT2D eigenvalue weighted by molar-refractivity contribution is 0.0628. The summed E-state index contributed by atoms with van der Waals surface area (Å²) in [6, 6.07) is 21.3. The minimum atomic E-state index is -0.371. The van der Waals surface area contributed by atoms with Gasteiger partial charge >= 0.3 is 0 Å². The zero-order chi connectivity index (χ0) is 21.4. The third-order valence-electron chi connectivity index (χ3n) is 6.29. The summed E-state index contributed by atoms with van der Waals surface area (Å²) >= 11 is 0. The zero-order valence-electron chi connectivity index (χ0n) is 17.7. The predicted molar refractivity (Wildman–Crippen MR) is 123 cm³/mol. The van der Waals surface area contributed by atoms with E-state index in [4.69, 9.17) is 0 Å². The Morgan fingerprint density at radius 2 is 1.65 bits per heavy atom. The molecular formula is C26H26FN3O. The number of para-hydroxylation sites is 1. The number of fused-ring (bicyclic) bond motifs is 3. The smallest absolute Gasteiger partial charge is 0.254 e. The van der Waals surface area contributed by atoms with E-state index in [1.165, 1.54) is 39.5 Å². The summed E-state index contributed by atoms with van der Waals surface area (Å²) in [5, 5.41) is 2.60. The Bertz CT molecular complexity index is 1250. The molecule has 31 heavy (non-hydrogen) atoms. The molecular weight excluding hydrogens is 389 g/mol. The Kier molecular flexibility index (Phi) is 5.20. The second-order valence-corrected chi connectivity index (χ2v) is 8.19. The highest BCUT2D eigenvalue weighted by Crippen LogP contribution is 2.30. The number of nitrogens with zero attached hydrogens (tertiary/aromatic N) is 3. The van der Waals surface area contributed by atoms with Gasteiger partial charge in [-0.15, -0.1) is 0 Å². The van der Waals surface area contributed by atoms with E-state index in [1.807, 2.05) is 4.90 Å². The van der Waals surface area contributed by atoms with Gasteiger partial charge in [-0.2, -0.15) is 0 Å². The van der Waals surface area contributed by atoms with Gasteiger partial charge in [0, 0.05) is 66.6 Å². The number of rotatable bonds is 4. The molecule has 0 bridgehead atoms. The van der Waals surface area contributed by atoms with Gasteiger partial charge in [-0.3, -0.25) is 9.69 Å². The highest BCUT2D eigenvalue weighted by molar-refractivity contribution is 6.08. The summed E-state index contributed by atoms with van der Waals surface area (Å²) in [6.45, 7) is 6.95. The minimum absolute atomic E-state index is 0.0899. The fourth-order valence-electron chi connectivity index (χ4n) is 4.71. The van der Waals surface area contributed by atoms with Crippen LogP contribution in [0.2, 0.25) is 0 Å². The van der Waals surface area contributed by atoms with Gasteiger partial charge in [0.15, 0.2) is 0 Å². The van der Waals surface area contributed by atoms with Gasteiger partial charge in [-0.05, 0) is 48.9 Å². The monoisotopic (exact) mass is 415 g/mol. The van der Waals surface area contributed by atoms with Crippen molar-refractivity contribution in [1.82, 2.24) is 14.4 Å². The lowest BCUT2D eigenvalue weighted by atomic mass is 10.1. The maximum absolute atomic E-state index is 13.5. The van der Waals surface area contributed by atoms with Crippen LogP contribution in [0.3, 0.4) is 0 Å². The quantitative estimate of drug-likeness (QED) is 0.474. The standard InChI is InChI=1S/C26H26FN3O/c1-2-30-24-9-4-3-8-22(24)23-16-19(10-11-25(23)30)18-28-12-14-29(15-13-28)26(31)20-6-5-7-21(27)17-20/h3-11,16-17H,2,12-15,18H2,1H3. The molecule has 4 nitrogen and oxygen atoms in total. The molecule has 4 aromatic rings. The normalized spacial score (nSPS) is 15.1. The summed E-state index contributed by atoms with van der Waals surface area (Å²) in [7, 11) is 0. The highest BCUT2D eigenvalue weighted by atomic mass is 19.1. The lowest BCUT2D eigenvalue weighted by Gasteiger charge is -2.34. The Balaban J connectivity index is 1.30. The molecule has 1 amide bonds. The molecule has 5 rings (SSSR count). The van der Waals surface area contributed by atoms with E-state index in [2.05, 4.69) is 58.9 Å². The molecule has 1 saturated heterocycles. The largest absolute Gasteiger partial charge is 0.341 e. The number of carbonyl (C=O) groups is 1. The van der Waals surface area contributed by atoms with Crippen LogP contribution < -0.4 is 0 Å². The van der Waals surface area contributed by atoms with Crippen molar-refractivity contribution < 1.29 is 9.18 Å². The van der Waals surface area contributed by atoms with Crippen LogP contribution in [0.1, 0.15) is 22.8 Å². The number of benzene rings is 3. The maximum atomic E-state index is 13.5. The van der Waals surface area contributed by atoms with Crippen molar-refractivity contribution in [3.63, 3.8) is 0 Å². The van der Waals surface area contributed by atoms with Crippen LogP contribution in [0.25, 0.3) is 21.8 Å². The van der Waals surface area contributed by atoms with Gasteiger partial charge in [0.1, 0.15) is 5.82 Å². The first-order valence-corrected chi connectivity index (χ1v) is 10.9. The molecule has 158 valence electrons. The minimum Gasteiger partial charge on any atom is -0.341 e. The Morgan fingerprint density at radius 3 is 2.42 bits per heavy atom. The van der Waals surface area contributed by atoms with Gasteiger partial charge in [0.2, 0.25) is 0 Å². The molecule has 1 aliphatic rings. The van der Waals surface area contributed by atoms with E-state index in [9.17, 15) is 9.18 Å². The fourth-order valence-corrected chi connectivity index (χ4v) is 4.71. The van der Waals surface area contributed by atoms with Gasteiger partial charge in [0.05, 0.1) is 0 Å². The molecule has 5 heteroatoms. The topological polar surface area (TPSA) is 28.5 Å². The molecule has 1 fully saturated rings. The Labute approximate surface area is 181 Å². The van der Waals surface area contributed by atoms with Crippen LogP contribution in [0.5, 0.6) is 0 Å². The molecule has 0 radical (unpaired) electrons. The van der Waals surface area contributed by atoms with Crippen molar-refractivity contribution in [2.45, 2.75) is 20.0 Å². The van der Waals surface area contributed by atoms with E-state index in [0.717, 1.165) is 26.2 Å². The molecule has 0 aliphatic carbocycles. The molecule has 2 heterocycles. The highest BCUT2D eigenvalue weighted by Gasteiger charge is 2.22. The van der Waals surface area contributed by atoms with E-state index >= 15 is 0 Å². The van der Waals surface area contributed by atoms with Crippen LogP contribution in [0.4, 0.5) is 4.39 Å². The summed E-state index contributed by atoms with van der Waals surface area (Å²) in [6.07, 6.45) is 0. The number of aromatic nitrogens is 1. The first kappa shape index (κ1) is 19.8. The lowest BCUT2D eigenvalue weighted by Crippen LogP contribution is -2.48. The number of carbonyl (C=O) groups excluding carboxylic acids is 1. The number of aryl methyl sites for hydroxylation is 1. The average Bonchev–Trinajstić information content (AvgIpc) is 3.12. The van der Waals surface area contributed by atoms with Gasteiger partial charge < -0.3 is 9.47 Å². The van der Waals surface area contributed by atoms with Crippen LogP contribution in [-0.4, -0.2) is 46.5 Å². The third kappa shape index (κ3) is 3.70. The van der Waals surface area contributed by atoms with E-state index in [1.54, 1.807) is 12.1 Å². The van der Waals surface area contributed by atoms with E-state index in [0.29, 0.717) is 18.7 Å². The molecule has 3 aromatic carbocycles. The van der Waals surface area contributed by atoms with Crippen molar-refractivity contribution >= 4 is 27.7 Å². The molecule has 0 N–H and O–H groups in total. The van der Waals surface area contributed by atoms with Gasteiger partial charge in [0.25, 0.3) is 5.91 Å². The summed E-state index contributed by atoms with van der Waals surface area (Å²) in [4.78, 5) is 16.9. The Hall–Kier alpha value is -3.18. The van der Waals surface area contributed by atoms with Crippen LogP contribution in [0, 0.1) is 5.82 Å². The summed E-state index contributed by atoms with van der Waals surface area (Å²) in [5.74, 6) is -0.461. The molecule has 1 aliphatic heterocycles. The predicted octanol–water partition coefficient (Wildman–Crippen LogP) is 4.91. The molecule has 1 aromatic heterocycles. The average molecular weight is 416 g/mol. The van der Waals surface area contributed by atoms with Crippen molar-refractivity contribution in [1.29, 1.82) is 0 Å². The van der Waals surface area contributed by atoms with Crippen molar-refractivity contribution in [3.8, 4) is 0 Å². The van der Waals surface area contributed by atoms with Crippen molar-refractivity contribution in [3.05, 3.63) is 83.7 Å². The second kappa shape index (κ2) is 8.16. The second-order valence-electron chi connectivity index (χ2n) is 8.19. The van der Waals surface area contributed by atoms with Crippen LogP contribution >= 0.6 is 0 Å². The SMILES string of the molecule is CCn1c2ccccc2c2cc(CN3CCN(C(=O)c4cccc(F)c4)CC3)ccc21. The number of halogens is 1. The van der Waals surface area contributed by atoms with Crippen molar-refractivity contribution in [2.24, 2.45) is 0 Å². The van der Waals surface area contributed by atoms with Crippen molar-refractivity contribution in [2.75, 3.05) is 26.2 Å². The first-order valence-electron chi connectivity index (χ1n) is 10.9. The number of amides is 1. The number of piperazine rings is 1. The number of hydrogen-bond acceptors (Lipinski definition) is 2. The van der Waals surface area contributed by atoms with Gasteiger partial charge in [-0.25, -0.2) is 4.39 Å². The van der Waals surface area contributed by atoms with Crippen LogP contribution in [-0.2, 0) is 13.1 Å². The third-order valence-corrected chi connectivity index (χ3v) is 6.29. The molecule has 0 spiro atoms. The maximum Gasteiger partial charge on any atom is 0.254 e. The fraction of sp³-hybridized carbons (Fsp3) is 0.269. The van der Waals surface area contributed by atoms with E-state index in [-0.39, 0.29) is 11.7 Å². The number of hydrogen-bond donors (Lipinski definition) is 0. The van der Waals surface area contributed by atoms with Gasteiger partial charge in [-0.1, -0.05) is 30.3 Å². The summed E-state index contributed by atoms with van der Waals surface area (Å²) < 4.78 is 15.8. The first-order chi connectivity index (χ1) is 15.1. The van der Waals surface area contributed by atoms with E-state index < -0.39 is 0 Å². The molecule has 0 saturated carbocycles. The Morgan fingerprint density at radius 1 is 0.871 bits per heavy atom. The zero-order valence-corrected chi connectivity index (χ0v) is 17.7. The molecule has 0 unspecified atom stereocenters.